The fourth-order valence-corrected chi connectivity index (χ4v) is 3.67. The summed E-state index contributed by atoms with van der Waals surface area (Å²) in [5.74, 6) is -0.0185. The molecule has 8 nitrogen and oxygen atoms in total. The first-order chi connectivity index (χ1) is 16.9. The standard InChI is InChI=1S/C26H21BrN2O6/c1-33-20-11-8-19(9-12-20)29-25(31)22(24(30)28-26(29)32)13-17-5-10-21(34-2)14-23(17)35-15-16-3-6-18(27)7-4-16/h3-14H,15H2,1-2H3,(H,28,30,32)/b22-13+. The van der Waals surface area contributed by atoms with Crippen LogP contribution in [0.4, 0.5) is 10.5 Å². The first-order valence-corrected chi connectivity index (χ1v) is 11.3. The van der Waals surface area contributed by atoms with Crippen molar-refractivity contribution in [1.29, 1.82) is 0 Å². The van der Waals surface area contributed by atoms with Crippen LogP contribution in [-0.2, 0) is 16.2 Å². The lowest BCUT2D eigenvalue weighted by molar-refractivity contribution is -0.122. The van der Waals surface area contributed by atoms with Crippen molar-refractivity contribution in [2.75, 3.05) is 19.1 Å². The Hall–Kier alpha value is -4.11. The predicted octanol–water partition coefficient (Wildman–Crippen LogP) is 4.71. The third-order valence-electron chi connectivity index (χ3n) is 5.26. The number of hydrogen-bond donors (Lipinski definition) is 1. The summed E-state index contributed by atoms with van der Waals surface area (Å²) in [6.45, 7) is 0.257. The topological polar surface area (TPSA) is 94.2 Å². The van der Waals surface area contributed by atoms with Crippen molar-refractivity contribution in [3.8, 4) is 17.2 Å². The van der Waals surface area contributed by atoms with Gasteiger partial charge in [0, 0.05) is 16.1 Å². The number of nitrogens with zero attached hydrogens (tertiary/aromatic N) is 1. The summed E-state index contributed by atoms with van der Waals surface area (Å²) in [5, 5.41) is 2.22. The Labute approximate surface area is 210 Å². The van der Waals surface area contributed by atoms with Crippen LogP contribution in [0.1, 0.15) is 11.1 Å². The van der Waals surface area contributed by atoms with Crippen molar-refractivity contribution in [3.63, 3.8) is 0 Å². The van der Waals surface area contributed by atoms with Gasteiger partial charge in [0.05, 0.1) is 19.9 Å². The molecule has 1 heterocycles. The predicted molar refractivity (Wildman–Crippen MR) is 133 cm³/mol. The van der Waals surface area contributed by atoms with E-state index in [-0.39, 0.29) is 12.2 Å². The lowest BCUT2D eigenvalue weighted by Gasteiger charge is -2.26. The second-order valence-electron chi connectivity index (χ2n) is 7.47. The van der Waals surface area contributed by atoms with Crippen LogP contribution in [0.3, 0.4) is 0 Å². The van der Waals surface area contributed by atoms with Crippen molar-refractivity contribution < 1.29 is 28.6 Å². The number of urea groups is 1. The van der Waals surface area contributed by atoms with E-state index >= 15 is 0 Å². The largest absolute Gasteiger partial charge is 0.497 e. The number of benzene rings is 3. The molecule has 0 spiro atoms. The summed E-state index contributed by atoms with van der Waals surface area (Å²) in [6, 6.07) is 18.2. The van der Waals surface area contributed by atoms with Crippen LogP contribution in [0.2, 0.25) is 0 Å². The van der Waals surface area contributed by atoms with Crippen LogP contribution in [0.25, 0.3) is 6.08 Å². The van der Waals surface area contributed by atoms with Gasteiger partial charge in [0.15, 0.2) is 0 Å². The Kier molecular flexibility index (Phi) is 7.17. The Morgan fingerprint density at radius 2 is 1.54 bits per heavy atom. The van der Waals surface area contributed by atoms with Crippen LogP contribution in [0.15, 0.2) is 76.8 Å². The summed E-state index contributed by atoms with van der Waals surface area (Å²) >= 11 is 3.40. The van der Waals surface area contributed by atoms with Gasteiger partial charge in [0.25, 0.3) is 11.8 Å². The van der Waals surface area contributed by atoms with Crippen LogP contribution >= 0.6 is 15.9 Å². The number of barbiturate groups is 1. The number of carbonyl (C=O) groups is 3. The van der Waals surface area contributed by atoms with Gasteiger partial charge in [-0.3, -0.25) is 14.9 Å². The van der Waals surface area contributed by atoms with Crippen molar-refractivity contribution in [1.82, 2.24) is 5.32 Å². The van der Waals surface area contributed by atoms with Gasteiger partial charge in [0.2, 0.25) is 0 Å². The lowest BCUT2D eigenvalue weighted by atomic mass is 10.1. The molecule has 178 valence electrons. The molecule has 4 rings (SSSR count). The molecule has 35 heavy (non-hydrogen) atoms. The number of halogens is 1. The van der Waals surface area contributed by atoms with E-state index in [1.165, 1.54) is 20.3 Å². The average Bonchev–Trinajstić information content (AvgIpc) is 2.87. The van der Waals surface area contributed by atoms with Crippen molar-refractivity contribution in [2.24, 2.45) is 0 Å². The van der Waals surface area contributed by atoms with Gasteiger partial charge >= 0.3 is 6.03 Å². The van der Waals surface area contributed by atoms with Crippen LogP contribution < -0.4 is 24.4 Å². The van der Waals surface area contributed by atoms with E-state index in [0.717, 1.165) is 14.9 Å². The molecule has 3 aromatic rings. The zero-order valence-corrected chi connectivity index (χ0v) is 20.5. The van der Waals surface area contributed by atoms with Gasteiger partial charge in [0.1, 0.15) is 29.4 Å². The fourth-order valence-electron chi connectivity index (χ4n) is 3.41. The molecular weight excluding hydrogens is 516 g/mol. The summed E-state index contributed by atoms with van der Waals surface area (Å²) in [7, 11) is 3.04. The monoisotopic (exact) mass is 536 g/mol. The number of anilines is 1. The highest BCUT2D eigenvalue weighted by molar-refractivity contribution is 9.10. The number of ether oxygens (including phenoxy) is 3. The number of amides is 4. The molecule has 1 saturated heterocycles. The molecule has 4 amide bonds. The van der Waals surface area contributed by atoms with E-state index in [1.807, 2.05) is 24.3 Å². The molecule has 1 fully saturated rings. The van der Waals surface area contributed by atoms with E-state index in [2.05, 4.69) is 21.2 Å². The molecule has 9 heteroatoms. The molecule has 1 aliphatic rings. The van der Waals surface area contributed by atoms with E-state index in [0.29, 0.717) is 28.5 Å². The zero-order chi connectivity index (χ0) is 24.9. The summed E-state index contributed by atoms with van der Waals surface area (Å²) < 4.78 is 17.4. The fraction of sp³-hybridized carbons (Fsp3) is 0.115. The highest BCUT2D eigenvalue weighted by Crippen LogP contribution is 2.30. The lowest BCUT2D eigenvalue weighted by Crippen LogP contribution is -2.54. The molecule has 0 unspecified atom stereocenters. The van der Waals surface area contributed by atoms with Crippen LogP contribution in [-0.4, -0.2) is 32.1 Å². The van der Waals surface area contributed by atoms with Gasteiger partial charge in [-0.05, 0) is 60.2 Å². The van der Waals surface area contributed by atoms with E-state index < -0.39 is 17.8 Å². The molecule has 0 saturated carbocycles. The molecule has 0 bridgehead atoms. The van der Waals surface area contributed by atoms with Gasteiger partial charge in [-0.15, -0.1) is 0 Å². The molecule has 0 aliphatic carbocycles. The Morgan fingerprint density at radius 1 is 0.886 bits per heavy atom. The Bertz CT molecular complexity index is 1300. The number of nitrogens with one attached hydrogen (secondary N) is 1. The highest BCUT2D eigenvalue weighted by Gasteiger charge is 2.37. The number of hydrogen-bond acceptors (Lipinski definition) is 6. The molecule has 3 aromatic carbocycles. The smallest absolute Gasteiger partial charge is 0.335 e. The summed E-state index contributed by atoms with van der Waals surface area (Å²) in [6.07, 6.45) is 1.40. The van der Waals surface area contributed by atoms with E-state index in [9.17, 15) is 14.4 Å². The summed E-state index contributed by atoms with van der Waals surface area (Å²) in [5.41, 5.74) is 1.50. The number of carbonyl (C=O) groups excluding carboxylic acids is 3. The maximum atomic E-state index is 13.2. The van der Waals surface area contributed by atoms with Gasteiger partial charge in [-0.1, -0.05) is 28.1 Å². The minimum Gasteiger partial charge on any atom is -0.497 e. The summed E-state index contributed by atoms with van der Waals surface area (Å²) in [4.78, 5) is 39.2. The molecule has 0 radical (unpaired) electrons. The minimum atomic E-state index is -0.830. The van der Waals surface area contributed by atoms with Crippen LogP contribution in [0, 0.1) is 0 Å². The van der Waals surface area contributed by atoms with Crippen molar-refractivity contribution >= 4 is 45.5 Å². The third kappa shape index (κ3) is 5.36. The number of rotatable bonds is 7. The number of imide groups is 2. The first-order valence-electron chi connectivity index (χ1n) is 10.5. The van der Waals surface area contributed by atoms with Crippen LogP contribution in [0.5, 0.6) is 17.2 Å². The maximum Gasteiger partial charge on any atom is 0.335 e. The quantitative estimate of drug-likeness (QED) is 0.347. The maximum absolute atomic E-state index is 13.2. The van der Waals surface area contributed by atoms with Gasteiger partial charge in [-0.25, -0.2) is 9.69 Å². The third-order valence-corrected chi connectivity index (χ3v) is 5.79. The molecule has 1 N–H and O–H groups in total. The highest BCUT2D eigenvalue weighted by atomic mass is 79.9. The second-order valence-corrected chi connectivity index (χ2v) is 8.39. The number of methoxy groups -OCH3 is 2. The van der Waals surface area contributed by atoms with Gasteiger partial charge in [-0.2, -0.15) is 0 Å². The Balaban J connectivity index is 1.66. The molecular formula is C26H21BrN2O6. The molecule has 1 aliphatic heterocycles. The molecule has 0 atom stereocenters. The first kappa shape index (κ1) is 24.0. The normalized spacial score (nSPS) is 14.7. The van der Waals surface area contributed by atoms with E-state index in [4.69, 9.17) is 14.2 Å². The average molecular weight is 537 g/mol. The second kappa shape index (κ2) is 10.4. The van der Waals surface area contributed by atoms with Crippen molar-refractivity contribution in [3.05, 3.63) is 87.9 Å². The zero-order valence-electron chi connectivity index (χ0n) is 18.9. The van der Waals surface area contributed by atoms with Gasteiger partial charge < -0.3 is 14.2 Å². The van der Waals surface area contributed by atoms with E-state index in [1.54, 1.807) is 42.5 Å². The SMILES string of the molecule is COc1ccc(N2C(=O)NC(=O)/C(=C\c3ccc(OC)cc3OCc3ccc(Br)cc3)C2=O)cc1. The molecule has 0 aromatic heterocycles. The Morgan fingerprint density at radius 3 is 2.20 bits per heavy atom. The minimum absolute atomic E-state index is 0.209. The van der Waals surface area contributed by atoms with Crippen molar-refractivity contribution in [2.45, 2.75) is 6.61 Å².